The van der Waals surface area contributed by atoms with Crippen molar-refractivity contribution in [2.24, 2.45) is 5.73 Å². The van der Waals surface area contributed by atoms with Crippen molar-refractivity contribution < 1.29 is 18.3 Å². The number of carbonyl (C=O) groups excluding carboxylic acids is 1. The molecule has 0 unspecified atom stereocenters. The Balaban J connectivity index is 2.05. The van der Waals surface area contributed by atoms with E-state index in [1.807, 2.05) is 24.3 Å². The smallest absolute Gasteiger partial charge is 0.249 e. The molecule has 0 aliphatic rings. The van der Waals surface area contributed by atoms with Gasteiger partial charge in [-0.05, 0) is 35.9 Å². The largest absolute Gasteiger partial charge is 0.380 e. The average molecular weight is 380 g/mol. The zero-order valence-corrected chi connectivity index (χ0v) is 15.2. The lowest BCUT2D eigenvalue weighted by atomic mass is 10.0. The zero-order valence-electron chi connectivity index (χ0n) is 15.2. The summed E-state index contributed by atoms with van der Waals surface area (Å²) in [6.07, 6.45) is 0. The van der Waals surface area contributed by atoms with Crippen LogP contribution in [0, 0.1) is 11.6 Å². The maximum Gasteiger partial charge on any atom is 0.249 e. The van der Waals surface area contributed by atoms with Crippen LogP contribution in [0.4, 0.5) is 8.78 Å². The number of fused-ring (bicyclic) bond motifs is 3. The summed E-state index contributed by atoms with van der Waals surface area (Å²) in [7, 11) is 1.60. The van der Waals surface area contributed by atoms with Crippen molar-refractivity contribution in [3.8, 4) is 0 Å². The molecule has 28 heavy (non-hydrogen) atoms. The van der Waals surface area contributed by atoms with Crippen LogP contribution in [0.25, 0.3) is 21.8 Å². The van der Waals surface area contributed by atoms with Gasteiger partial charge < -0.3 is 15.0 Å². The number of aromatic nitrogens is 1. The first-order valence-corrected chi connectivity index (χ1v) is 8.76. The Morgan fingerprint density at radius 1 is 1.04 bits per heavy atom. The molecule has 0 radical (unpaired) electrons. The SMILES string of the molecule is COCc1ccc2c3c(C(N)=O)cccc3n(Cc3c(F)cccc3F)c2c1. The molecule has 142 valence electrons. The van der Waals surface area contributed by atoms with Crippen LogP contribution in [-0.4, -0.2) is 17.6 Å². The molecule has 0 saturated carbocycles. The Kier molecular flexibility index (Phi) is 4.57. The van der Waals surface area contributed by atoms with Gasteiger partial charge in [-0.15, -0.1) is 0 Å². The van der Waals surface area contributed by atoms with Gasteiger partial charge in [-0.1, -0.05) is 24.3 Å². The number of nitrogens with zero attached hydrogens (tertiary/aromatic N) is 1. The third-order valence-electron chi connectivity index (χ3n) is 4.91. The highest BCUT2D eigenvalue weighted by atomic mass is 19.1. The van der Waals surface area contributed by atoms with Crippen molar-refractivity contribution in [1.29, 1.82) is 0 Å². The number of rotatable bonds is 5. The number of methoxy groups -OCH3 is 1. The lowest BCUT2D eigenvalue weighted by Crippen LogP contribution is -2.11. The van der Waals surface area contributed by atoms with Gasteiger partial charge in [0.1, 0.15) is 11.6 Å². The Hall–Kier alpha value is -3.25. The number of ether oxygens (including phenoxy) is 1. The standard InChI is InChI=1S/C22H18F2N2O2/c1-28-12-13-8-9-14-20(10-13)26(11-16-17(23)5-3-6-18(16)24)19-7-2-4-15(21(14)19)22(25)27/h2-10H,11-12H2,1H3,(H2,25,27). The molecule has 0 saturated heterocycles. The first kappa shape index (κ1) is 18.1. The van der Waals surface area contributed by atoms with E-state index in [0.29, 0.717) is 23.1 Å². The molecular weight excluding hydrogens is 362 g/mol. The van der Waals surface area contributed by atoms with E-state index in [9.17, 15) is 13.6 Å². The first-order valence-electron chi connectivity index (χ1n) is 8.76. The third-order valence-corrected chi connectivity index (χ3v) is 4.91. The molecule has 2 N–H and O–H groups in total. The second-order valence-electron chi connectivity index (χ2n) is 6.63. The maximum absolute atomic E-state index is 14.3. The van der Waals surface area contributed by atoms with Gasteiger partial charge >= 0.3 is 0 Å². The molecule has 0 fully saturated rings. The normalized spacial score (nSPS) is 11.4. The van der Waals surface area contributed by atoms with E-state index >= 15 is 0 Å². The molecule has 1 amide bonds. The fraction of sp³-hybridized carbons (Fsp3) is 0.136. The van der Waals surface area contributed by atoms with Crippen molar-refractivity contribution in [2.75, 3.05) is 7.11 Å². The van der Waals surface area contributed by atoms with Crippen LogP contribution < -0.4 is 5.73 Å². The van der Waals surface area contributed by atoms with Gasteiger partial charge in [0.2, 0.25) is 5.91 Å². The molecule has 1 heterocycles. The van der Waals surface area contributed by atoms with Crippen molar-refractivity contribution in [3.05, 3.63) is 82.9 Å². The van der Waals surface area contributed by atoms with Crippen LogP contribution in [0.1, 0.15) is 21.5 Å². The average Bonchev–Trinajstić information content (AvgIpc) is 2.98. The fourth-order valence-corrected chi connectivity index (χ4v) is 3.66. The molecule has 0 atom stereocenters. The van der Waals surface area contributed by atoms with Crippen LogP contribution in [0.5, 0.6) is 0 Å². The number of primary amides is 1. The highest BCUT2D eigenvalue weighted by Gasteiger charge is 2.19. The highest BCUT2D eigenvalue weighted by Crippen LogP contribution is 2.33. The molecule has 0 aliphatic carbocycles. The van der Waals surface area contributed by atoms with Gasteiger partial charge in [0, 0.05) is 34.5 Å². The summed E-state index contributed by atoms with van der Waals surface area (Å²) in [5.74, 6) is -1.79. The second kappa shape index (κ2) is 7.05. The number of halogens is 2. The van der Waals surface area contributed by atoms with Gasteiger partial charge in [0.05, 0.1) is 18.7 Å². The minimum Gasteiger partial charge on any atom is -0.380 e. The minimum atomic E-state index is -0.617. The van der Waals surface area contributed by atoms with Crippen LogP contribution in [0.2, 0.25) is 0 Å². The molecule has 4 aromatic rings. The molecule has 0 aliphatic heterocycles. The lowest BCUT2D eigenvalue weighted by molar-refractivity contribution is 0.100. The molecule has 0 bridgehead atoms. The molecular formula is C22H18F2N2O2. The van der Waals surface area contributed by atoms with E-state index in [-0.39, 0.29) is 12.1 Å². The number of benzene rings is 3. The minimum absolute atomic E-state index is 0.0167. The van der Waals surface area contributed by atoms with Crippen LogP contribution >= 0.6 is 0 Å². The predicted molar refractivity (Wildman–Crippen MR) is 104 cm³/mol. The van der Waals surface area contributed by atoms with Crippen molar-refractivity contribution in [3.63, 3.8) is 0 Å². The Morgan fingerprint density at radius 2 is 1.75 bits per heavy atom. The number of hydrogen-bond acceptors (Lipinski definition) is 2. The Labute approximate surface area is 160 Å². The van der Waals surface area contributed by atoms with Crippen LogP contribution in [0.3, 0.4) is 0 Å². The third kappa shape index (κ3) is 2.92. The molecule has 4 rings (SSSR count). The summed E-state index contributed by atoms with van der Waals surface area (Å²) in [5, 5.41) is 1.46. The molecule has 6 heteroatoms. The van der Waals surface area contributed by atoms with Gasteiger partial charge in [-0.2, -0.15) is 0 Å². The zero-order chi connectivity index (χ0) is 19.8. The Morgan fingerprint density at radius 3 is 2.43 bits per heavy atom. The monoisotopic (exact) mass is 380 g/mol. The van der Waals surface area contributed by atoms with Crippen LogP contribution in [-0.2, 0) is 17.9 Å². The molecule has 4 nitrogen and oxygen atoms in total. The van der Waals surface area contributed by atoms with Crippen molar-refractivity contribution in [1.82, 2.24) is 4.57 Å². The molecule has 3 aromatic carbocycles. The quantitative estimate of drug-likeness (QED) is 0.559. The topological polar surface area (TPSA) is 57.2 Å². The Bertz CT molecular complexity index is 1190. The summed E-state index contributed by atoms with van der Waals surface area (Å²) in [6.45, 7) is 0.380. The van der Waals surface area contributed by atoms with Gasteiger partial charge in [-0.25, -0.2) is 8.78 Å². The lowest BCUT2D eigenvalue weighted by Gasteiger charge is -2.10. The van der Waals surface area contributed by atoms with Gasteiger partial charge in [0.15, 0.2) is 0 Å². The van der Waals surface area contributed by atoms with E-state index in [2.05, 4.69) is 0 Å². The number of nitrogens with two attached hydrogens (primary N) is 1. The van der Waals surface area contributed by atoms with Crippen molar-refractivity contribution in [2.45, 2.75) is 13.2 Å². The van der Waals surface area contributed by atoms with Gasteiger partial charge in [-0.3, -0.25) is 4.79 Å². The van der Waals surface area contributed by atoms with Gasteiger partial charge in [0.25, 0.3) is 0 Å². The van der Waals surface area contributed by atoms with Crippen molar-refractivity contribution >= 4 is 27.7 Å². The number of hydrogen-bond donors (Lipinski definition) is 1. The first-order chi connectivity index (χ1) is 13.5. The second-order valence-corrected chi connectivity index (χ2v) is 6.63. The highest BCUT2D eigenvalue weighted by molar-refractivity contribution is 6.17. The summed E-state index contributed by atoms with van der Waals surface area (Å²) in [4.78, 5) is 12.0. The molecule has 0 spiro atoms. The predicted octanol–water partition coefficient (Wildman–Crippen LogP) is 4.37. The number of amides is 1. The summed E-state index contributed by atoms with van der Waals surface area (Å²) >= 11 is 0. The van der Waals surface area contributed by atoms with E-state index in [1.165, 1.54) is 18.2 Å². The van der Waals surface area contributed by atoms with E-state index < -0.39 is 17.5 Å². The number of carbonyl (C=O) groups is 1. The summed E-state index contributed by atoms with van der Waals surface area (Å²) in [5.41, 5.74) is 8.25. The summed E-state index contributed by atoms with van der Waals surface area (Å²) < 4.78 is 35.6. The van der Waals surface area contributed by atoms with E-state index in [4.69, 9.17) is 10.5 Å². The van der Waals surface area contributed by atoms with E-state index in [1.54, 1.807) is 23.8 Å². The van der Waals surface area contributed by atoms with E-state index in [0.717, 1.165) is 16.5 Å². The van der Waals surface area contributed by atoms with Crippen LogP contribution in [0.15, 0.2) is 54.6 Å². The maximum atomic E-state index is 14.3. The fourth-order valence-electron chi connectivity index (χ4n) is 3.66. The molecule has 1 aromatic heterocycles. The summed E-state index contributed by atoms with van der Waals surface area (Å²) in [6, 6.07) is 14.7.